The molecule has 0 bridgehead atoms. The van der Waals surface area contributed by atoms with E-state index in [2.05, 4.69) is 0 Å². The van der Waals surface area contributed by atoms with Gasteiger partial charge in [-0.2, -0.15) is 0 Å². The highest BCUT2D eigenvalue weighted by atomic mass is 32.2. The first kappa shape index (κ1) is 14.4. The van der Waals surface area contributed by atoms with E-state index in [-0.39, 0.29) is 21.3 Å². The van der Waals surface area contributed by atoms with Crippen LogP contribution in [0.1, 0.15) is 16.7 Å². The molecule has 0 atom stereocenters. The van der Waals surface area contributed by atoms with Crippen LogP contribution in [0.15, 0.2) is 40.1 Å². The normalized spacial score (nSPS) is 11.6. The minimum Gasteiger partial charge on any atom is -0.508 e. The van der Waals surface area contributed by atoms with Crippen LogP contribution in [-0.2, 0) is 9.84 Å². The van der Waals surface area contributed by atoms with Crippen LogP contribution in [0.4, 0.5) is 0 Å². The first-order chi connectivity index (χ1) is 9.23. The van der Waals surface area contributed by atoms with Gasteiger partial charge in [0.25, 0.3) is 0 Å². The molecule has 0 unspecified atom stereocenters. The molecule has 0 aliphatic heterocycles. The van der Waals surface area contributed by atoms with Gasteiger partial charge in [-0.05, 0) is 62.2 Å². The molecule has 2 aromatic carbocycles. The van der Waals surface area contributed by atoms with Gasteiger partial charge in [-0.1, -0.05) is 0 Å². The fourth-order valence-corrected chi connectivity index (χ4v) is 3.96. The second-order valence-electron chi connectivity index (χ2n) is 4.86. The standard InChI is InChI=1S/C15H16O4S/c1-9-6-13(17)11(3)15(7-9)20(18,19)14-5-4-12(16)8-10(14)2/h4-8,16-17H,1-3H3. The summed E-state index contributed by atoms with van der Waals surface area (Å²) in [4.78, 5) is 0.215. The van der Waals surface area contributed by atoms with Crippen LogP contribution < -0.4 is 0 Å². The average Bonchev–Trinajstić information content (AvgIpc) is 2.33. The van der Waals surface area contributed by atoms with Crippen molar-refractivity contribution >= 4 is 9.84 Å². The van der Waals surface area contributed by atoms with Crippen LogP contribution in [0.5, 0.6) is 11.5 Å². The van der Waals surface area contributed by atoms with E-state index >= 15 is 0 Å². The van der Waals surface area contributed by atoms with Crippen LogP contribution in [0.25, 0.3) is 0 Å². The zero-order valence-electron chi connectivity index (χ0n) is 11.5. The molecular formula is C15H16O4S. The van der Waals surface area contributed by atoms with Gasteiger partial charge in [-0.15, -0.1) is 0 Å². The van der Waals surface area contributed by atoms with Gasteiger partial charge in [0.1, 0.15) is 11.5 Å². The lowest BCUT2D eigenvalue weighted by atomic mass is 10.1. The Bertz CT molecular complexity index is 777. The molecule has 2 rings (SSSR count). The highest BCUT2D eigenvalue weighted by Crippen LogP contribution is 2.32. The van der Waals surface area contributed by atoms with Crippen LogP contribution in [0, 0.1) is 20.8 Å². The van der Waals surface area contributed by atoms with Gasteiger partial charge >= 0.3 is 0 Å². The number of phenols is 2. The van der Waals surface area contributed by atoms with E-state index in [1.165, 1.54) is 30.3 Å². The van der Waals surface area contributed by atoms with E-state index in [4.69, 9.17) is 0 Å². The molecule has 0 heterocycles. The maximum Gasteiger partial charge on any atom is 0.207 e. The number of sulfone groups is 1. The lowest BCUT2D eigenvalue weighted by molar-refractivity contribution is 0.467. The predicted octanol–water partition coefficient (Wildman–Crippen LogP) is 2.86. The van der Waals surface area contributed by atoms with E-state index < -0.39 is 9.84 Å². The molecule has 0 spiro atoms. The van der Waals surface area contributed by atoms with Crippen LogP contribution in [-0.4, -0.2) is 18.6 Å². The molecule has 4 nitrogen and oxygen atoms in total. The predicted molar refractivity (Wildman–Crippen MR) is 75.9 cm³/mol. The molecule has 0 amide bonds. The van der Waals surface area contributed by atoms with Crippen molar-refractivity contribution in [1.82, 2.24) is 0 Å². The summed E-state index contributed by atoms with van der Waals surface area (Å²) >= 11 is 0. The summed E-state index contributed by atoms with van der Waals surface area (Å²) in [5.74, 6) is -0.0229. The minimum absolute atomic E-state index is 0.0188. The summed E-state index contributed by atoms with van der Waals surface area (Å²) in [7, 11) is -3.73. The van der Waals surface area contributed by atoms with Gasteiger partial charge in [0, 0.05) is 5.56 Å². The highest BCUT2D eigenvalue weighted by Gasteiger charge is 2.23. The van der Waals surface area contributed by atoms with Crippen molar-refractivity contribution in [3.63, 3.8) is 0 Å². The van der Waals surface area contributed by atoms with E-state index in [0.29, 0.717) is 16.7 Å². The first-order valence-corrected chi connectivity index (χ1v) is 7.56. The Labute approximate surface area is 118 Å². The number of phenolic OH excluding ortho intramolecular Hbond substituents is 2. The summed E-state index contributed by atoms with van der Waals surface area (Å²) in [6.45, 7) is 4.91. The fraction of sp³-hybridized carbons (Fsp3) is 0.200. The van der Waals surface area contributed by atoms with Gasteiger partial charge in [0.2, 0.25) is 9.84 Å². The van der Waals surface area contributed by atoms with Crippen molar-refractivity contribution < 1.29 is 18.6 Å². The molecule has 0 fully saturated rings. The summed E-state index contributed by atoms with van der Waals surface area (Å²) < 4.78 is 25.4. The first-order valence-electron chi connectivity index (χ1n) is 6.08. The maximum absolute atomic E-state index is 12.7. The van der Waals surface area contributed by atoms with Gasteiger partial charge in [-0.3, -0.25) is 0 Å². The number of benzene rings is 2. The molecule has 20 heavy (non-hydrogen) atoms. The molecular weight excluding hydrogens is 276 g/mol. The third-order valence-corrected chi connectivity index (χ3v) is 5.25. The number of aryl methyl sites for hydroxylation is 2. The molecule has 0 saturated heterocycles. The Morgan fingerprint density at radius 2 is 1.55 bits per heavy atom. The minimum atomic E-state index is -3.73. The van der Waals surface area contributed by atoms with Crippen LogP contribution >= 0.6 is 0 Å². The summed E-state index contributed by atoms with van der Waals surface area (Å²) in [6, 6.07) is 7.18. The van der Waals surface area contributed by atoms with E-state index in [1.807, 2.05) is 0 Å². The van der Waals surface area contributed by atoms with Gasteiger partial charge in [0.15, 0.2) is 0 Å². The SMILES string of the molecule is Cc1cc(O)c(C)c(S(=O)(=O)c2ccc(O)cc2C)c1. The topological polar surface area (TPSA) is 74.6 Å². The van der Waals surface area contributed by atoms with Crippen molar-refractivity contribution in [2.45, 2.75) is 30.6 Å². The zero-order valence-corrected chi connectivity index (χ0v) is 12.3. The molecule has 2 N–H and O–H groups in total. The molecule has 106 valence electrons. The van der Waals surface area contributed by atoms with E-state index in [9.17, 15) is 18.6 Å². The molecule has 0 aromatic heterocycles. The van der Waals surface area contributed by atoms with Crippen molar-refractivity contribution in [2.24, 2.45) is 0 Å². The summed E-state index contributed by atoms with van der Waals surface area (Å²) in [5.41, 5.74) is 1.46. The summed E-state index contributed by atoms with van der Waals surface area (Å²) in [5, 5.41) is 19.2. The smallest absolute Gasteiger partial charge is 0.207 e. The van der Waals surface area contributed by atoms with Gasteiger partial charge in [-0.25, -0.2) is 8.42 Å². The largest absolute Gasteiger partial charge is 0.508 e. The maximum atomic E-state index is 12.7. The van der Waals surface area contributed by atoms with Gasteiger partial charge in [0.05, 0.1) is 9.79 Å². The van der Waals surface area contributed by atoms with Crippen molar-refractivity contribution in [2.75, 3.05) is 0 Å². The number of hydrogen-bond donors (Lipinski definition) is 2. The van der Waals surface area contributed by atoms with Crippen molar-refractivity contribution in [3.05, 3.63) is 47.0 Å². The number of hydrogen-bond acceptors (Lipinski definition) is 4. The molecule has 0 aliphatic rings. The highest BCUT2D eigenvalue weighted by molar-refractivity contribution is 7.91. The van der Waals surface area contributed by atoms with Gasteiger partial charge < -0.3 is 10.2 Å². The molecule has 2 aromatic rings. The Balaban J connectivity index is 2.73. The number of rotatable bonds is 2. The third kappa shape index (κ3) is 2.36. The Morgan fingerprint density at radius 1 is 0.900 bits per heavy atom. The number of aromatic hydroxyl groups is 2. The summed E-state index contributed by atoms with van der Waals surface area (Å²) in [6.07, 6.45) is 0. The van der Waals surface area contributed by atoms with Crippen molar-refractivity contribution in [1.29, 1.82) is 0 Å². The van der Waals surface area contributed by atoms with E-state index in [0.717, 1.165) is 0 Å². The Morgan fingerprint density at radius 3 is 2.15 bits per heavy atom. The van der Waals surface area contributed by atoms with E-state index in [1.54, 1.807) is 20.8 Å². The molecule has 0 aliphatic carbocycles. The quantitative estimate of drug-likeness (QED) is 0.892. The Kier molecular flexibility index (Phi) is 3.48. The van der Waals surface area contributed by atoms with Crippen LogP contribution in [0.3, 0.4) is 0 Å². The molecule has 0 radical (unpaired) electrons. The molecule has 5 heteroatoms. The van der Waals surface area contributed by atoms with Crippen LogP contribution in [0.2, 0.25) is 0 Å². The monoisotopic (exact) mass is 292 g/mol. The lowest BCUT2D eigenvalue weighted by Gasteiger charge is -2.12. The second-order valence-corrected chi connectivity index (χ2v) is 6.75. The third-order valence-electron chi connectivity index (χ3n) is 3.21. The Hall–Kier alpha value is -2.01. The zero-order chi connectivity index (χ0) is 15.1. The fourth-order valence-electron chi connectivity index (χ4n) is 2.14. The van der Waals surface area contributed by atoms with Crippen molar-refractivity contribution in [3.8, 4) is 11.5 Å². The lowest BCUT2D eigenvalue weighted by Crippen LogP contribution is -2.06. The molecule has 0 saturated carbocycles. The second kappa shape index (κ2) is 4.83. The average molecular weight is 292 g/mol.